The fourth-order valence-electron chi connectivity index (χ4n) is 3.37. The highest BCUT2D eigenvalue weighted by molar-refractivity contribution is 6.02. The van der Waals surface area contributed by atoms with Crippen molar-refractivity contribution < 1.29 is 4.79 Å². The van der Waals surface area contributed by atoms with Gasteiger partial charge in [0.15, 0.2) is 0 Å². The Hall–Kier alpha value is -2.39. The van der Waals surface area contributed by atoms with Gasteiger partial charge in [0.1, 0.15) is 0 Å². The zero-order valence-electron chi connectivity index (χ0n) is 12.5. The summed E-state index contributed by atoms with van der Waals surface area (Å²) in [6.45, 7) is 0.434. The van der Waals surface area contributed by atoms with E-state index in [1.165, 1.54) is 27.1 Å². The highest BCUT2D eigenvalue weighted by Gasteiger charge is 2.27. The summed E-state index contributed by atoms with van der Waals surface area (Å²) in [7, 11) is 1.88. The predicted octanol–water partition coefficient (Wildman–Crippen LogP) is 2.92. The maximum absolute atomic E-state index is 11.8. The van der Waals surface area contributed by atoms with Crippen LogP contribution in [-0.4, -0.2) is 30.6 Å². The smallest absolute Gasteiger partial charge is 0.237 e. The number of fused-ring (bicyclic) bond motifs is 2. The molecule has 3 heteroatoms. The number of benzene rings is 3. The monoisotopic (exact) mass is 290 g/mol. The first-order valence-corrected chi connectivity index (χ1v) is 7.62. The third-order valence-corrected chi connectivity index (χ3v) is 4.63. The molecule has 1 N–H and O–H groups in total. The summed E-state index contributed by atoms with van der Waals surface area (Å²) in [5.74, 6) is 0.162. The summed E-state index contributed by atoms with van der Waals surface area (Å²) >= 11 is 0. The third-order valence-electron chi connectivity index (χ3n) is 4.63. The molecule has 1 fully saturated rings. The number of carbonyl (C=O) groups is 1. The van der Waals surface area contributed by atoms with Crippen LogP contribution in [0.2, 0.25) is 0 Å². The van der Waals surface area contributed by atoms with Crippen molar-refractivity contribution in [1.82, 2.24) is 10.2 Å². The summed E-state index contributed by atoms with van der Waals surface area (Å²) in [5, 5.41) is 8.36. The van der Waals surface area contributed by atoms with Gasteiger partial charge in [-0.3, -0.25) is 10.1 Å². The predicted molar refractivity (Wildman–Crippen MR) is 89.7 cm³/mol. The largest absolute Gasteiger partial charge is 0.329 e. The summed E-state index contributed by atoms with van der Waals surface area (Å²) < 4.78 is 0. The molecule has 4 rings (SSSR count). The Morgan fingerprint density at radius 2 is 1.64 bits per heavy atom. The molecule has 3 aromatic rings. The van der Waals surface area contributed by atoms with Crippen LogP contribution in [0.4, 0.5) is 0 Å². The second-order valence-corrected chi connectivity index (χ2v) is 5.90. The van der Waals surface area contributed by atoms with Crippen molar-refractivity contribution in [3.63, 3.8) is 0 Å². The second-order valence-electron chi connectivity index (χ2n) is 5.90. The van der Waals surface area contributed by atoms with Gasteiger partial charge in [0.05, 0.1) is 12.7 Å². The highest BCUT2D eigenvalue weighted by atomic mass is 16.2. The second kappa shape index (κ2) is 5.11. The minimum absolute atomic E-state index is 0.0710. The lowest BCUT2D eigenvalue weighted by molar-refractivity contribution is -0.126. The van der Waals surface area contributed by atoms with E-state index >= 15 is 0 Å². The summed E-state index contributed by atoms with van der Waals surface area (Å²) in [6.07, 6.45) is 0.895. The SMILES string of the molecule is CN1C(=O)CNC1Cc1c2ccccc2cc2ccccc12. The van der Waals surface area contributed by atoms with Crippen LogP contribution in [-0.2, 0) is 11.2 Å². The van der Waals surface area contributed by atoms with Crippen molar-refractivity contribution in [2.24, 2.45) is 0 Å². The van der Waals surface area contributed by atoms with Crippen molar-refractivity contribution in [2.45, 2.75) is 12.6 Å². The molecule has 1 amide bonds. The van der Waals surface area contributed by atoms with Crippen LogP contribution in [0.3, 0.4) is 0 Å². The van der Waals surface area contributed by atoms with Crippen molar-refractivity contribution in [1.29, 1.82) is 0 Å². The molecule has 110 valence electrons. The molecule has 1 unspecified atom stereocenters. The summed E-state index contributed by atoms with van der Waals surface area (Å²) in [5.41, 5.74) is 1.31. The van der Waals surface area contributed by atoms with Crippen molar-refractivity contribution in [2.75, 3.05) is 13.6 Å². The molecule has 0 aromatic heterocycles. The van der Waals surface area contributed by atoms with E-state index < -0.39 is 0 Å². The van der Waals surface area contributed by atoms with Gasteiger partial charge in [0.25, 0.3) is 0 Å². The van der Waals surface area contributed by atoms with Gasteiger partial charge in [-0.05, 0) is 33.2 Å². The topological polar surface area (TPSA) is 32.3 Å². The molecular formula is C19H18N2O. The fraction of sp³-hybridized carbons (Fsp3) is 0.211. The Morgan fingerprint density at radius 3 is 2.18 bits per heavy atom. The van der Waals surface area contributed by atoms with E-state index in [2.05, 4.69) is 59.9 Å². The van der Waals surface area contributed by atoms with Gasteiger partial charge in [-0.25, -0.2) is 0 Å². The van der Waals surface area contributed by atoms with E-state index in [1.807, 2.05) is 11.9 Å². The minimum Gasteiger partial charge on any atom is -0.329 e. The van der Waals surface area contributed by atoms with E-state index in [4.69, 9.17) is 0 Å². The van der Waals surface area contributed by atoms with Crippen LogP contribution in [0.15, 0.2) is 54.6 Å². The Kier molecular flexibility index (Phi) is 3.09. The fourth-order valence-corrected chi connectivity index (χ4v) is 3.37. The maximum Gasteiger partial charge on any atom is 0.237 e. The Bertz CT molecular complexity index is 818. The molecule has 0 spiro atoms. The number of rotatable bonds is 2. The molecule has 22 heavy (non-hydrogen) atoms. The van der Waals surface area contributed by atoms with E-state index in [0.717, 1.165) is 6.42 Å². The molecule has 0 saturated carbocycles. The molecule has 1 atom stereocenters. The molecule has 3 nitrogen and oxygen atoms in total. The van der Waals surface area contributed by atoms with Crippen LogP contribution in [0.5, 0.6) is 0 Å². The lowest BCUT2D eigenvalue weighted by atomic mass is 9.94. The summed E-state index contributed by atoms with van der Waals surface area (Å²) in [4.78, 5) is 13.6. The average molecular weight is 290 g/mol. The van der Waals surface area contributed by atoms with Crippen LogP contribution in [0, 0.1) is 0 Å². The summed E-state index contributed by atoms with van der Waals surface area (Å²) in [6, 6.07) is 19.2. The van der Waals surface area contributed by atoms with E-state index in [1.54, 1.807) is 0 Å². The normalized spacial score (nSPS) is 18.5. The first kappa shape index (κ1) is 13.3. The number of hydrogen-bond donors (Lipinski definition) is 1. The van der Waals surface area contributed by atoms with E-state index in [9.17, 15) is 4.79 Å². The quantitative estimate of drug-likeness (QED) is 0.736. The molecule has 0 bridgehead atoms. The first-order valence-electron chi connectivity index (χ1n) is 7.62. The number of likely N-dealkylation sites (N-methyl/N-ethyl adjacent to an activating group) is 1. The standard InChI is InChI=1S/C19H18N2O/c1-21-18(20-12-19(21)22)11-17-15-8-4-2-6-13(15)10-14-7-3-5-9-16(14)17/h2-10,18,20H,11-12H2,1H3. The van der Waals surface area contributed by atoms with Crippen LogP contribution in [0.25, 0.3) is 21.5 Å². The number of hydrogen-bond acceptors (Lipinski definition) is 2. The van der Waals surface area contributed by atoms with Crippen molar-refractivity contribution in [3.05, 3.63) is 60.2 Å². The van der Waals surface area contributed by atoms with Gasteiger partial charge in [0.2, 0.25) is 5.91 Å². The molecule has 1 saturated heterocycles. The number of nitrogens with one attached hydrogen (secondary N) is 1. The zero-order valence-corrected chi connectivity index (χ0v) is 12.5. The van der Waals surface area contributed by atoms with Crippen LogP contribution in [0.1, 0.15) is 5.56 Å². The van der Waals surface area contributed by atoms with Crippen molar-refractivity contribution >= 4 is 27.5 Å². The number of carbonyl (C=O) groups excluding carboxylic acids is 1. The van der Waals surface area contributed by atoms with E-state index in [0.29, 0.717) is 6.54 Å². The van der Waals surface area contributed by atoms with Crippen molar-refractivity contribution in [3.8, 4) is 0 Å². The molecule has 0 radical (unpaired) electrons. The van der Waals surface area contributed by atoms with Crippen LogP contribution < -0.4 is 5.32 Å². The Labute approximate surface area is 129 Å². The molecule has 1 aliphatic rings. The molecule has 1 aliphatic heterocycles. The van der Waals surface area contributed by atoms with Gasteiger partial charge in [-0.2, -0.15) is 0 Å². The maximum atomic E-state index is 11.8. The lowest BCUT2D eigenvalue weighted by Crippen LogP contribution is -2.36. The van der Waals surface area contributed by atoms with Gasteiger partial charge in [-0.1, -0.05) is 48.5 Å². The molecule has 3 aromatic carbocycles. The van der Waals surface area contributed by atoms with Crippen LogP contribution >= 0.6 is 0 Å². The zero-order chi connectivity index (χ0) is 15.1. The Morgan fingerprint density at radius 1 is 1.05 bits per heavy atom. The van der Waals surface area contributed by atoms with Gasteiger partial charge >= 0.3 is 0 Å². The molecule has 0 aliphatic carbocycles. The van der Waals surface area contributed by atoms with Gasteiger partial charge in [-0.15, -0.1) is 0 Å². The number of nitrogens with zero attached hydrogens (tertiary/aromatic N) is 1. The number of amides is 1. The molecular weight excluding hydrogens is 272 g/mol. The third kappa shape index (κ3) is 2.06. The molecule has 1 heterocycles. The minimum atomic E-state index is 0.0710. The average Bonchev–Trinajstić information content (AvgIpc) is 2.86. The first-order chi connectivity index (χ1) is 10.7. The highest BCUT2D eigenvalue weighted by Crippen LogP contribution is 2.30. The van der Waals surface area contributed by atoms with Gasteiger partial charge in [0, 0.05) is 13.5 Å². The van der Waals surface area contributed by atoms with Gasteiger partial charge < -0.3 is 4.90 Å². The van der Waals surface area contributed by atoms with E-state index in [-0.39, 0.29) is 12.1 Å². The lowest BCUT2D eigenvalue weighted by Gasteiger charge is -2.21. The Balaban J connectivity index is 1.91.